The Balaban J connectivity index is 3.92. The smallest absolute Gasteiger partial charge is 0.323 e. The van der Waals surface area contributed by atoms with Crippen molar-refractivity contribution in [1.82, 2.24) is 4.90 Å². The summed E-state index contributed by atoms with van der Waals surface area (Å²) in [5, 5.41) is 8.47. The maximum atomic E-state index is 11.3. The van der Waals surface area contributed by atoms with E-state index in [1.165, 1.54) is 4.90 Å². The van der Waals surface area contributed by atoms with Gasteiger partial charge in [0, 0.05) is 13.0 Å². The normalized spacial score (nSPS) is 9.69. The molecule has 0 aromatic heterocycles. The molecule has 76 valence electrons. The van der Waals surface area contributed by atoms with E-state index in [4.69, 9.17) is 10.8 Å². The lowest BCUT2D eigenvalue weighted by atomic mass is 10.2. The third kappa shape index (κ3) is 5.19. The molecule has 0 aromatic carbocycles. The van der Waals surface area contributed by atoms with Crippen LogP contribution in [-0.2, 0) is 9.59 Å². The van der Waals surface area contributed by atoms with Crippen LogP contribution < -0.4 is 5.73 Å². The van der Waals surface area contributed by atoms with Gasteiger partial charge in [0.2, 0.25) is 5.91 Å². The van der Waals surface area contributed by atoms with E-state index >= 15 is 0 Å². The molecule has 0 aliphatic carbocycles. The average Bonchev–Trinajstić information content (AvgIpc) is 2.09. The molecule has 0 radical (unpaired) electrons. The highest BCUT2D eigenvalue weighted by Crippen LogP contribution is 1.96. The fourth-order valence-corrected chi connectivity index (χ4v) is 0.951. The zero-order valence-electron chi connectivity index (χ0n) is 7.82. The summed E-state index contributed by atoms with van der Waals surface area (Å²) >= 11 is 0. The van der Waals surface area contributed by atoms with Crippen LogP contribution in [0.1, 0.15) is 19.8 Å². The lowest BCUT2D eigenvalue weighted by Gasteiger charge is -2.17. The second kappa shape index (κ2) is 6.42. The topological polar surface area (TPSA) is 83.6 Å². The highest BCUT2D eigenvalue weighted by Gasteiger charge is 2.13. The summed E-state index contributed by atoms with van der Waals surface area (Å²) in [5.74, 6) is -1.13. The summed E-state index contributed by atoms with van der Waals surface area (Å²) in [5.41, 5.74) is 5.23. The highest BCUT2D eigenvalue weighted by molar-refractivity contribution is 5.81. The van der Waals surface area contributed by atoms with Crippen LogP contribution in [0.4, 0.5) is 0 Å². The summed E-state index contributed by atoms with van der Waals surface area (Å²) in [6, 6.07) is 0. The minimum atomic E-state index is -0.983. The zero-order chi connectivity index (χ0) is 10.3. The van der Waals surface area contributed by atoms with Crippen molar-refractivity contribution in [2.45, 2.75) is 19.8 Å². The largest absolute Gasteiger partial charge is 0.480 e. The number of nitrogens with zero attached hydrogens (tertiary/aromatic N) is 1. The van der Waals surface area contributed by atoms with Crippen molar-refractivity contribution in [3.8, 4) is 0 Å². The molecule has 0 heterocycles. The molecule has 5 nitrogen and oxygen atoms in total. The number of amides is 1. The number of aliphatic carboxylic acids is 1. The SMILES string of the molecule is CCN(CC(=O)O)C(=O)CCCN. The van der Waals surface area contributed by atoms with Gasteiger partial charge in [0.05, 0.1) is 0 Å². The number of likely N-dealkylation sites (N-methyl/N-ethyl adjacent to an activating group) is 1. The molecule has 0 spiro atoms. The van der Waals surface area contributed by atoms with Gasteiger partial charge in [-0.05, 0) is 19.9 Å². The predicted molar refractivity (Wildman–Crippen MR) is 48.2 cm³/mol. The molecule has 13 heavy (non-hydrogen) atoms. The van der Waals surface area contributed by atoms with E-state index in [1.807, 2.05) is 0 Å². The van der Waals surface area contributed by atoms with E-state index in [9.17, 15) is 9.59 Å². The first-order valence-electron chi connectivity index (χ1n) is 4.31. The number of nitrogens with two attached hydrogens (primary N) is 1. The van der Waals surface area contributed by atoms with Crippen LogP contribution in [0.15, 0.2) is 0 Å². The van der Waals surface area contributed by atoms with Crippen molar-refractivity contribution in [3.63, 3.8) is 0 Å². The summed E-state index contributed by atoms with van der Waals surface area (Å²) in [4.78, 5) is 22.9. The number of carbonyl (C=O) groups excluding carboxylic acids is 1. The summed E-state index contributed by atoms with van der Waals surface area (Å²) in [6.45, 7) is 2.41. The Hall–Kier alpha value is -1.10. The van der Waals surface area contributed by atoms with Gasteiger partial charge in [0.1, 0.15) is 6.54 Å². The predicted octanol–water partition coefficient (Wildman–Crippen LogP) is -0.342. The van der Waals surface area contributed by atoms with Crippen molar-refractivity contribution in [2.75, 3.05) is 19.6 Å². The molecule has 0 saturated carbocycles. The quantitative estimate of drug-likeness (QED) is 0.597. The van der Waals surface area contributed by atoms with Crippen molar-refractivity contribution in [1.29, 1.82) is 0 Å². The molecule has 0 fully saturated rings. The molecule has 0 unspecified atom stereocenters. The van der Waals surface area contributed by atoms with Crippen LogP contribution in [0.2, 0.25) is 0 Å². The van der Waals surface area contributed by atoms with E-state index in [0.29, 0.717) is 25.9 Å². The number of hydrogen-bond donors (Lipinski definition) is 2. The number of carboxylic acid groups (broad SMARTS) is 1. The fourth-order valence-electron chi connectivity index (χ4n) is 0.951. The van der Waals surface area contributed by atoms with Gasteiger partial charge < -0.3 is 15.7 Å². The third-order valence-corrected chi connectivity index (χ3v) is 1.66. The molecule has 3 N–H and O–H groups in total. The number of rotatable bonds is 6. The summed E-state index contributed by atoms with van der Waals surface area (Å²) in [6.07, 6.45) is 0.937. The lowest BCUT2D eigenvalue weighted by Crippen LogP contribution is -2.35. The Bertz CT molecular complexity index is 182. The second-order valence-electron chi connectivity index (χ2n) is 2.69. The first kappa shape index (κ1) is 11.9. The Morgan fingerprint density at radius 1 is 1.46 bits per heavy atom. The number of carbonyl (C=O) groups is 2. The van der Waals surface area contributed by atoms with E-state index in [-0.39, 0.29) is 12.5 Å². The van der Waals surface area contributed by atoms with Crippen LogP contribution in [0.5, 0.6) is 0 Å². The van der Waals surface area contributed by atoms with Gasteiger partial charge in [-0.2, -0.15) is 0 Å². The monoisotopic (exact) mass is 188 g/mol. The highest BCUT2D eigenvalue weighted by atomic mass is 16.4. The van der Waals surface area contributed by atoms with Crippen molar-refractivity contribution in [2.24, 2.45) is 5.73 Å². The molecule has 0 aliphatic rings. The molecule has 0 bridgehead atoms. The van der Waals surface area contributed by atoms with Crippen LogP contribution in [0.25, 0.3) is 0 Å². The fraction of sp³-hybridized carbons (Fsp3) is 0.750. The Morgan fingerprint density at radius 3 is 2.46 bits per heavy atom. The van der Waals surface area contributed by atoms with Gasteiger partial charge in [-0.25, -0.2) is 0 Å². The van der Waals surface area contributed by atoms with Crippen LogP contribution >= 0.6 is 0 Å². The lowest BCUT2D eigenvalue weighted by molar-refractivity contribution is -0.144. The van der Waals surface area contributed by atoms with Gasteiger partial charge in [-0.1, -0.05) is 0 Å². The maximum absolute atomic E-state index is 11.3. The zero-order valence-corrected chi connectivity index (χ0v) is 7.82. The molecule has 0 rings (SSSR count). The average molecular weight is 188 g/mol. The molecular weight excluding hydrogens is 172 g/mol. The van der Waals surface area contributed by atoms with Crippen LogP contribution in [0, 0.1) is 0 Å². The van der Waals surface area contributed by atoms with E-state index < -0.39 is 5.97 Å². The first-order valence-corrected chi connectivity index (χ1v) is 4.31. The molecular formula is C8H16N2O3. The molecule has 0 saturated heterocycles. The van der Waals surface area contributed by atoms with E-state index in [1.54, 1.807) is 6.92 Å². The van der Waals surface area contributed by atoms with Crippen LogP contribution in [0.3, 0.4) is 0 Å². The molecule has 1 amide bonds. The van der Waals surface area contributed by atoms with Gasteiger partial charge in [0.15, 0.2) is 0 Å². The minimum Gasteiger partial charge on any atom is -0.480 e. The Kier molecular flexibility index (Phi) is 5.88. The maximum Gasteiger partial charge on any atom is 0.323 e. The van der Waals surface area contributed by atoms with Gasteiger partial charge in [-0.15, -0.1) is 0 Å². The van der Waals surface area contributed by atoms with Gasteiger partial charge >= 0.3 is 5.97 Å². The standard InChI is InChI=1S/C8H16N2O3/c1-2-10(6-8(12)13)7(11)4-3-5-9/h2-6,9H2,1H3,(H,12,13). The minimum absolute atomic E-state index is 0.143. The molecule has 0 aliphatic heterocycles. The Labute approximate surface area is 77.5 Å². The van der Waals surface area contributed by atoms with E-state index in [2.05, 4.69) is 0 Å². The van der Waals surface area contributed by atoms with Gasteiger partial charge in [-0.3, -0.25) is 9.59 Å². The van der Waals surface area contributed by atoms with Crippen molar-refractivity contribution < 1.29 is 14.7 Å². The molecule has 0 atom stereocenters. The van der Waals surface area contributed by atoms with Crippen molar-refractivity contribution >= 4 is 11.9 Å². The number of hydrogen-bond acceptors (Lipinski definition) is 3. The van der Waals surface area contributed by atoms with E-state index in [0.717, 1.165) is 0 Å². The second-order valence-corrected chi connectivity index (χ2v) is 2.69. The van der Waals surface area contributed by atoms with Crippen molar-refractivity contribution in [3.05, 3.63) is 0 Å². The Morgan fingerprint density at radius 2 is 2.08 bits per heavy atom. The van der Waals surface area contributed by atoms with Crippen LogP contribution in [-0.4, -0.2) is 41.5 Å². The first-order chi connectivity index (χ1) is 6.11. The molecule has 5 heteroatoms. The molecule has 0 aromatic rings. The number of carboxylic acids is 1. The van der Waals surface area contributed by atoms with Gasteiger partial charge in [0.25, 0.3) is 0 Å². The third-order valence-electron chi connectivity index (χ3n) is 1.66. The summed E-state index contributed by atoms with van der Waals surface area (Å²) in [7, 11) is 0. The summed E-state index contributed by atoms with van der Waals surface area (Å²) < 4.78 is 0.